The van der Waals surface area contributed by atoms with Crippen LogP contribution < -0.4 is 0 Å². The van der Waals surface area contributed by atoms with Crippen molar-refractivity contribution in [2.24, 2.45) is 0 Å². The van der Waals surface area contributed by atoms with Gasteiger partial charge >= 0.3 is 0 Å². The number of fused-ring (bicyclic) bond motifs is 1. The van der Waals surface area contributed by atoms with E-state index in [4.69, 9.17) is 9.72 Å². The average molecular weight is 447 g/mol. The summed E-state index contributed by atoms with van der Waals surface area (Å²) in [6.45, 7) is 5.23. The maximum Gasteiger partial charge on any atom is 0.243 e. The summed E-state index contributed by atoms with van der Waals surface area (Å²) in [6, 6.07) is 11.8. The van der Waals surface area contributed by atoms with Gasteiger partial charge in [0.15, 0.2) is 0 Å². The fourth-order valence-electron chi connectivity index (χ4n) is 3.94. The number of aromatic nitrogens is 2. The van der Waals surface area contributed by atoms with Crippen molar-refractivity contribution in [2.75, 3.05) is 33.4 Å². The minimum absolute atomic E-state index is 0.226. The molecule has 0 unspecified atom stereocenters. The molecule has 4 rings (SSSR count). The number of nitrogens with zero attached hydrogens (tertiary/aromatic N) is 4. The number of sulfonamides is 1. The molecule has 9 heteroatoms. The van der Waals surface area contributed by atoms with Crippen LogP contribution in [0.3, 0.4) is 0 Å². The van der Waals surface area contributed by atoms with Gasteiger partial charge in [-0.15, -0.1) is 0 Å². The molecule has 7 nitrogen and oxygen atoms in total. The van der Waals surface area contributed by atoms with E-state index in [0.29, 0.717) is 57.0 Å². The van der Waals surface area contributed by atoms with Gasteiger partial charge in [0.05, 0.1) is 35.7 Å². The normalized spacial score (nSPS) is 15.7. The first-order valence-corrected chi connectivity index (χ1v) is 11.8. The number of aryl methyl sites for hydroxylation is 1. The zero-order valence-electron chi connectivity index (χ0n) is 17.8. The molecule has 1 fully saturated rings. The fraction of sp³-hybridized carbons (Fsp3) is 0.409. The summed E-state index contributed by atoms with van der Waals surface area (Å²) in [7, 11) is -1.66. The highest BCUT2D eigenvalue weighted by Crippen LogP contribution is 2.24. The summed E-state index contributed by atoms with van der Waals surface area (Å²) in [5.74, 6) is 0.591. The molecule has 2 heterocycles. The topological polar surface area (TPSA) is 67.7 Å². The van der Waals surface area contributed by atoms with Crippen LogP contribution in [-0.2, 0) is 34.4 Å². The van der Waals surface area contributed by atoms with Gasteiger partial charge in [0.2, 0.25) is 10.0 Å². The molecule has 0 amide bonds. The summed E-state index contributed by atoms with van der Waals surface area (Å²) in [5, 5.41) is 0. The predicted octanol–water partition coefficient (Wildman–Crippen LogP) is 2.85. The van der Waals surface area contributed by atoms with Gasteiger partial charge in [0, 0.05) is 31.7 Å². The summed E-state index contributed by atoms with van der Waals surface area (Å²) >= 11 is 0. The second-order valence-corrected chi connectivity index (χ2v) is 9.64. The molecule has 0 saturated carbocycles. The van der Waals surface area contributed by atoms with Crippen LogP contribution in [0, 0.1) is 5.82 Å². The Hall–Kier alpha value is -2.33. The number of morpholine rings is 1. The molecule has 0 N–H and O–H groups in total. The number of ether oxygens (including phenoxy) is 1. The number of hydrogen-bond acceptors (Lipinski definition) is 5. The third-order valence-corrected chi connectivity index (χ3v) is 7.43. The minimum atomic E-state index is -3.58. The van der Waals surface area contributed by atoms with Crippen LogP contribution in [0.15, 0.2) is 47.4 Å². The Kier molecular flexibility index (Phi) is 6.38. The quantitative estimate of drug-likeness (QED) is 0.558. The lowest BCUT2D eigenvalue weighted by molar-refractivity contribution is 0.0730. The van der Waals surface area contributed by atoms with Crippen LogP contribution >= 0.6 is 0 Å². The molecule has 31 heavy (non-hydrogen) atoms. The van der Waals surface area contributed by atoms with E-state index < -0.39 is 10.0 Å². The molecule has 3 aromatic rings. The molecule has 2 aromatic carbocycles. The highest BCUT2D eigenvalue weighted by molar-refractivity contribution is 7.89. The monoisotopic (exact) mass is 446 g/mol. The number of hydrogen-bond donors (Lipinski definition) is 0. The lowest BCUT2D eigenvalue weighted by Gasteiger charge is -2.26. The molecular weight excluding hydrogens is 419 g/mol. The molecule has 166 valence electrons. The van der Waals surface area contributed by atoms with E-state index >= 15 is 0 Å². The van der Waals surface area contributed by atoms with Crippen LogP contribution in [0.5, 0.6) is 0 Å². The van der Waals surface area contributed by atoms with Crippen molar-refractivity contribution in [1.29, 1.82) is 0 Å². The number of benzene rings is 2. The third kappa shape index (κ3) is 4.50. The molecule has 1 aliphatic heterocycles. The summed E-state index contributed by atoms with van der Waals surface area (Å²) in [4.78, 5) is 6.97. The van der Waals surface area contributed by atoms with Gasteiger partial charge < -0.3 is 9.30 Å². The Balaban J connectivity index is 1.60. The summed E-state index contributed by atoms with van der Waals surface area (Å²) in [6.07, 6.45) is 0. The first-order chi connectivity index (χ1) is 14.9. The van der Waals surface area contributed by atoms with Gasteiger partial charge in [0.1, 0.15) is 11.6 Å². The van der Waals surface area contributed by atoms with Crippen molar-refractivity contribution < 1.29 is 17.5 Å². The SMILES string of the molecule is CCn1c(CN(C)Cc2ccccc2F)nc2cc(S(=O)(=O)N3CCOCC3)ccc21. The minimum Gasteiger partial charge on any atom is -0.379 e. The summed E-state index contributed by atoms with van der Waals surface area (Å²) in [5.41, 5.74) is 2.16. The molecular formula is C22H27FN4O3S. The zero-order chi connectivity index (χ0) is 22.0. The Morgan fingerprint density at radius 2 is 1.87 bits per heavy atom. The molecule has 1 saturated heterocycles. The Morgan fingerprint density at radius 1 is 1.13 bits per heavy atom. The predicted molar refractivity (Wildman–Crippen MR) is 117 cm³/mol. The third-order valence-electron chi connectivity index (χ3n) is 5.53. The molecule has 1 aliphatic rings. The standard InChI is InChI=1S/C22H27FN4O3S/c1-3-27-21-9-8-18(31(28,29)26-10-12-30-13-11-26)14-20(21)24-22(27)16-25(2)15-17-6-4-5-7-19(17)23/h4-9,14H,3,10-13,15-16H2,1-2H3. The maximum absolute atomic E-state index is 14.0. The second-order valence-electron chi connectivity index (χ2n) is 7.70. The molecule has 0 radical (unpaired) electrons. The number of rotatable bonds is 7. The average Bonchev–Trinajstić information content (AvgIpc) is 3.12. The van der Waals surface area contributed by atoms with E-state index in [1.165, 1.54) is 10.4 Å². The number of imidazole rings is 1. The van der Waals surface area contributed by atoms with Crippen molar-refractivity contribution in [1.82, 2.24) is 18.8 Å². The molecule has 0 spiro atoms. The maximum atomic E-state index is 14.0. The zero-order valence-corrected chi connectivity index (χ0v) is 18.6. The molecule has 1 aromatic heterocycles. The Bertz CT molecular complexity index is 1170. The highest BCUT2D eigenvalue weighted by Gasteiger charge is 2.27. The van der Waals surface area contributed by atoms with E-state index in [0.717, 1.165) is 11.3 Å². The summed E-state index contributed by atoms with van der Waals surface area (Å²) < 4.78 is 48.8. The van der Waals surface area contributed by atoms with Gasteiger partial charge in [-0.3, -0.25) is 4.90 Å². The molecule has 0 aliphatic carbocycles. The molecule has 0 atom stereocenters. The molecule has 0 bridgehead atoms. The highest BCUT2D eigenvalue weighted by atomic mass is 32.2. The second kappa shape index (κ2) is 9.04. The van der Waals surface area contributed by atoms with Crippen LogP contribution in [-0.4, -0.2) is 60.5 Å². The first kappa shape index (κ1) is 21.9. The van der Waals surface area contributed by atoms with Crippen LogP contribution in [0.25, 0.3) is 11.0 Å². The number of halogens is 1. The van der Waals surface area contributed by atoms with Gasteiger partial charge in [-0.2, -0.15) is 4.31 Å². The largest absolute Gasteiger partial charge is 0.379 e. The fourth-order valence-corrected chi connectivity index (χ4v) is 5.37. The van der Waals surface area contributed by atoms with E-state index in [1.807, 2.05) is 31.0 Å². The van der Waals surface area contributed by atoms with E-state index in [-0.39, 0.29) is 10.7 Å². The van der Waals surface area contributed by atoms with Crippen LogP contribution in [0.1, 0.15) is 18.3 Å². The van der Waals surface area contributed by atoms with Crippen molar-refractivity contribution >= 4 is 21.1 Å². The van der Waals surface area contributed by atoms with E-state index in [9.17, 15) is 12.8 Å². The van der Waals surface area contributed by atoms with Crippen molar-refractivity contribution in [3.05, 3.63) is 59.7 Å². The lowest BCUT2D eigenvalue weighted by Crippen LogP contribution is -2.40. The van der Waals surface area contributed by atoms with Gasteiger partial charge in [-0.25, -0.2) is 17.8 Å². The van der Waals surface area contributed by atoms with Crippen molar-refractivity contribution in [3.63, 3.8) is 0 Å². The van der Waals surface area contributed by atoms with Crippen molar-refractivity contribution in [3.8, 4) is 0 Å². The van der Waals surface area contributed by atoms with Gasteiger partial charge in [-0.1, -0.05) is 18.2 Å². The first-order valence-electron chi connectivity index (χ1n) is 10.4. The Morgan fingerprint density at radius 3 is 2.58 bits per heavy atom. The van der Waals surface area contributed by atoms with Gasteiger partial charge in [-0.05, 0) is 38.2 Å². The van der Waals surface area contributed by atoms with Crippen LogP contribution in [0.4, 0.5) is 4.39 Å². The van der Waals surface area contributed by atoms with Crippen molar-refractivity contribution in [2.45, 2.75) is 31.5 Å². The van der Waals surface area contributed by atoms with Crippen LogP contribution in [0.2, 0.25) is 0 Å². The van der Waals surface area contributed by atoms with Gasteiger partial charge in [0.25, 0.3) is 0 Å². The lowest BCUT2D eigenvalue weighted by atomic mass is 10.2. The van der Waals surface area contributed by atoms with E-state index in [1.54, 1.807) is 24.3 Å². The smallest absolute Gasteiger partial charge is 0.243 e. The van der Waals surface area contributed by atoms with E-state index in [2.05, 4.69) is 4.57 Å². The Labute approximate surface area is 182 Å².